The van der Waals surface area contributed by atoms with Crippen molar-refractivity contribution in [3.8, 4) is 0 Å². The van der Waals surface area contributed by atoms with Crippen LogP contribution in [0.1, 0.15) is 37.6 Å². The smallest absolute Gasteiger partial charge is 0.305 e. The van der Waals surface area contributed by atoms with Crippen molar-refractivity contribution < 1.29 is 9.72 Å². The molecule has 1 amide bonds. The molecule has 0 spiro atoms. The Labute approximate surface area is 124 Å². The third kappa shape index (κ3) is 2.99. The number of carbonyl (C=O) groups is 1. The first-order chi connectivity index (χ1) is 9.95. The quantitative estimate of drug-likeness (QED) is 0.683. The first-order valence-corrected chi connectivity index (χ1v) is 7.28. The molecule has 1 aromatic carbocycles. The van der Waals surface area contributed by atoms with E-state index in [1.54, 1.807) is 17.0 Å². The number of nitrogens with zero attached hydrogens (tertiary/aromatic N) is 2. The molecule has 1 N–H and O–H groups in total. The molecule has 2 unspecified atom stereocenters. The van der Waals surface area contributed by atoms with E-state index in [4.69, 9.17) is 0 Å². The molecule has 0 saturated carbocycles. The Morgan fingerprint density at radius 3 is 2.71 bits per heavy atom. The van der Waals surface area contributed by atoms with E-state index in [1.165, 1.54) is 6.07 Å². The summed E-state index contributed by atoms with van der Waals surface area (Å²) in [6.07, 6.45) is 0.937. The standard InChI is InChI=1S/C15H21N3O3/c1-4-16-13-7-5-6-12(14(13)18(20)21)15(19)17-9-10(2)8-11(17)3/h5-7,10-11,16H,4,8-9H2,1-3H3. The van der Waals surface area contributed by atoms with Crippen LogP contribution in [0.3, 0.4) is 0 Å². The molecule has 0 aromatic heterocycles. The molecule has 1 saturated heterocycles. The lowest BCUT2D eigenvalue weighted by molar-refractivity contribution is -0.384. The maximum atomic E-state index is 12.7. The first kappa shape index (κ1) is 15.3. The van der Waals surface area contributed by atoms with Crippen LogP contribution in [0.5, 0.6) is 0 Å². The number of hydrogen-bond acceptors (Lipinski definition) is 4. The highest BCUT2D eigenvalue weighted by molar-refractivity contribution is 6.00. The van der Waals surface area contributed by atoms with Crippen LogP contribution in [-0.2, 0) is 0 Å². The lowest BCUT2D eigenvalue weighted by atomic mass is 10.1. The summed E-state index contributed by atoms with van der Waals surface area (Å²) in [4.78, 5) is 25.3. The van der Waals surface area contributed by atoms with E-state index in [0.29, 0.717) is 24.7 Å². The number of rotatable bonds is 4. The van der Waals surface area contributed by atoms with Crippen LogP contribution in [0.15, 0.2) is 18.2 Å². The van der Waals surface area contributed by atoms with Gasteiger partial charge in [0, 0.05) is 19.1 Å². The van der Waals surface area contributed by atoms with Gasteiger partial charge in [0.2, 0.25) is 0 Å². The van der Waals surface area contributed by atoms with Crippen molar-refractivity contribution in [3.05, 3.63) is 33.9 Å². The molecule has 1 aliphatic heterocycles. The third-order valence-corrected chi connectivity index (χ3v) is 3.86. The normalized spacial score (nSPS) is 21.4. The van der Waals surface area contributed by atoms with E-state index < -0.39 is 4.92 Å². The van der Waals surface area contributed by atoms with Crippen molar-refractivity contribution in [2.24, 2.45) is 5.92 Å². The van der Waals surface area contributed by atoms with Crippen molar-refractivity contribution in [2.45, 2.75) is 33.2 Å². The van der Waals surface area contributed by atoms with Crippen LogP contribution in [0, 0.1) is 16.0 Å². The molecular weight excluding hydrogens is 270 g/mol. The van der Waals surface area contributed by atoms with Crippen LogP contribution in [0.2, 0.25) is 0 Å². The fourth-order valence-corrected chi connectivity index (χ4v) is 2.98. The SMILES string of the molecule is CCNc1cccc(C(=O)N2CC(C)CC2C)c1[N+](=O)[O-]. The Hall–Kier alpha value is -2.11. The maximum Gasteiger partial charge on any atom is 0.305 e. The summed E-state index contributed by atoms with van der Waals surface area (Å²) in [6.45, 7) is 7.16. The average Bonchev–Trinajstić information content (AvgIpc) is 2.76. The Balaban J connectivity index is 2.41. The van der Waals surface area contributed by atoms with Crippen molar-refractivity contribution in [3.63, 3.8) is 0 Å². The molecule has 6 heteroatoms. The zero-order valence-corrected chi connectivity index (χ0v) is 12.6. The molecule has 1 aromatic rings. The number of hydrogen-bond donors (Lipinski definition) is 1. The minimum atomic E-state index is -0.477. The summed E-state index contributed by atoms with van der Waals surface area (Å²) in [7, 11) is 0. The van der Waals surface area contributed by atoms with Gasteiger partial charge in [0.15, 0.2) is 0 Å². The number of carbonyl (C=O) groups excluding carboxylic acids is 1. The van der Waals surface area contributed by atoms with Crippen LogP contribution in [0.25, 0.3) is 0 Å². The molecule has 2 atom stereocenters. The van der Waals surface area contributed by atoms with Gasteiger partial charge < -0.3 is 10.2 Å². The van der Waals surface area contributed by atoms with Crippen molar-refractivity contribution in [1.29, 1.82) is 0 Å². The number of amides is 1. The number of nitro groups is 1. The predicted molar refractivity (Wildman–Crippen MR) is 81.5 cm³/mol. The van der Waals surface area contributed by atoms with Crippen molar-refractivity contribution >= 4 is 17.3 Å². The van der Waals surface area contributed by atoms with Gasteiger partial charge in [0.1, 0.15) is 11.3 Å². The van der Waals surface area contributed by atoms with E-state index in [1.807, 2.05) is 13.8 Å². The molecule has 1 aliphatic rings. The van der Waals surface area contributed by atoms with Gasteiger partial charge in [0.05, 0.1) is 4.92 Å². The molecule has 0 bridgehead atoms. The van der Waals surface area contributed by atoms with Crippen LogP contribution >= 0.6 is 0 Å². The van der Waals surface area contributed by atoms with Crippen molar-refractivity contribution in [2.75, 3.05) is 18.4 Å². The monoisotopic (exact) mass is 291 g/mol. The van der Waals surface area contributed by atoms with Gasteiger partial charge in [-0.2, -0.15) is 0 Å². The van der Waals surface area contributed by atoms with Gasteiger partial charge >= 0.3 is 5.69 Å². The second-order valence-corrected chi connectivity index (χ2v) is 5.64. The first-order valence-electron chi connectivity index (χ1n) is 7.28. The summed E-state index contributed by atoms with van der Waals surface area (Å²) in [5.74, 6) is 0.179. The molecule has 1 fully saturated rings. The molecule has 0 aliphatic carbocycles. The Kier molecular flexibility index (Phi) is 4.45. The van der Waals surface area contributed by atoms with Gasteiger partial charge in [-0.1, -0.05) is 13.0 Å². The molecule has 114 valence electrons. The average molecular weight is 291 g/mol. The second-order valence-electron chi connectivity index (χ2n) is 5.64. The zero-order chi connectivity index (χ0) is 15.6. The third-order valence-electron chi connectivity index (χ3n) is 3.86. The Morgan fingerprint density at radius 1 is 1.48 bits per heavy atom. The lowest BCUT2D eigenvalue weighted by Crippen LogP contribution is -2.34. The van der Waals surface area contributed by atoms with Crippen LogP contribution in [0.4, 0.5) is 11.4 Å². The van der Waals surface area contributed by atoms with Gasteiger partial charge in [-0.3, -0.25) is 14.9 Å². The van der Waals surface area contributed by atoms with Gasteiger partial charge in [-0.25, -0.2) is 0 Å². The predicted octanol–water partition coefficient (Wildman–Crippen LogP) is 2.90. The second kappa shape index (κ2) is 6.11. The summed E-state index contributed by atoms with van der Waals surface area (Å²) in [5.41, 5.74) is 0.434. The largest absolute Gasteiger partial charge is 0.380 e. The molecule has 6 nitrogen and oxygen atoms in total. The number of nitro benzene ring substituents is 1. The number of anilines is 1. The van der Waals surface area contributed by atoms with Crippen LogP contribution in [-0.4, -0.2) is 34.9 Å². The molecule has 21 heavy (non-hydrogen) atoms. The Morgan fingerprint density at radius 2 is 2.19 bits per heavy atom. The zero-order valence-electron chi connectivity index (χ0n) is 12.6. The van der Waals surface area contributed by atoms with Gasteiger partial charge in [-0.05, 0) is 38.3 Å². The Bertz CT molecular complexity index is 559. The lowest BCUT2D eigenvalue weighted by Gasteiger charge is -2.21. The highest BCUT2D eigenvalue weighted by Gasteiger charge is 2.34. The number of para-hydroxylation sites is 1. The highest BCUT2D eigenvalue weighted by Crippen LogP contribution is 2.32. The molecule has 1 heterocycles. The fraction of sp³-hybridized carbons (Fsp3) is 0.533. The number of likely N-dealkylation sites (tertiary alicyclic amines) is 1. The van der Waals surface area contributed by atoms with E-state index in [-0.39, 0.29) is 23.2 Å². The fourth-order valence-electron chi connectivity index (χ4n) is 2.98. The van der Waals surface area contributed by atoms with Gasteiger partial charge in [0.25, 0.3) is 5.91 Å². The van der Waals surface area contributed by atoms with E-state index >= 15 is 0 Å². The van der Waals surface area contributed by atoms with Crippen LogP contribution < -0.4 is 5.32 Å². The number of benzene rings is 1. The number of nitrogens with one attached hydrogen (secondary N) is 1. The summed E-state index contributed by atoms with van der Waals surface area (Å²) in [5, 5.41) is 14.3. The van der Waals surface area contributed by atoms with E-state index in [2.05, 4.69) is 12.2 Å². The van der Waals surface area contributed by atoms with Crippen molar-refractivity contribution in [1.82, 2.24) is 4.90 Å². The molecule has 0 radical (unpaired) electrons. The summed E-state index contributed by atoms with van der Waals surface area (Å²) >= 11 is 0. The highest BCUT2D eigenvalue weighted by atomic mass is 16.6. The minimum Gasteiger partial charge on any atom is -0.380 e. The van der Waals surface area contributed by atoms with E-state index in [0.717, 1.165) is 6.42 Å². The van der Waals surface area contributed by atoms with Gasteiger partial charge in [-0.15, -0.1) is 0 Å². The topological polar surface area (TPSA) is 75.5 Å². The molecule has 2 rings (SSSR count). The van der Waals surface area contributed by atoms with E-state index in [9.17, 15) is 14.9 Å². The minimum absolute atomic E-state index is 0.120. The summed E-state index contributed by atoms with van der Waals surface area (Å²) in [6, 6.07) is 4.98. The maximum absolute atomic E-state index is 12.7. The molecular formula is C15H21N3O3. The summed E-state index contributed by atoms with van der Waals surface area (Å²) < 4.78 is 0.